The first-order valence-electron chi connectivity index (χ1n) is 11.7. The molecule has 3 heteroatoms. The van der Waals surface area contributed by atoms with E-state index < -0.39 is 5.60 Å². The predicted octanol–water partition coefficient (Wildman–Crippen LogP) is 5.97. The van der Waals surface area contributed by atoms with Gasteiger partial charge in [-0.15, -0.1) is 0 Å². The Morgan fingerprint density at radius 1 is 1.13 bits per heavy atom. The number of ketones is 1. The van der Waals surface area contributed by atoms with Crippen LogP contribution in [0.2, 0.25) is 0 Å². The van der Waals surface area contributed by atoms with Gasteiger partial charge < -0.3 is 9.84 Å². The summed E-state index contributed by atoms with van der Waals surface area (Å²) in [5.74, 6) is 1.03. The van der Waals surface area contributed by atoms with Crippen molar-refractivity contribution in [3.63, 3.8) is 0 Å². The Hall–Kier alpha value is -1.45. The number of carbonyl (C=O) groups excluding carboxylic acids is 1. The summed E-state index contributed by atoms with van der Waals surface area (Å²) in [6.45, 7) is 13.1. The van der Waals surface area contributed by atoms with Crippen LogP contribution in [0.25, 0.3) is 0 Å². The van der Waals surface area contributed by atoms with Crippen LogP contribution in [-0.2, 0) is 4.74 Å². The Balaban J connectivity index is 1.51. The normalized spacial score (nSPS) is 39.2. The fourth-order valence-corrected chi connectivity index (χ4v) is 6.91. The maximum Gasteiger partial charge on any atom is 0.163 e. The third-order valence-corrected chi connectivity index (χ3v) is 8.85. The number of hydrogen-bond acceptors (Lipinski definition) is 3. The topological polar surface area (TPSA) is 46.5 Å². The van der Waals surface area contributed by atoms with Crippen LogP contribution in [0.1, 0.15) is 83.0 Å². The van der Waals surface area contributed by atoms with Crippen molar-refractivity contribution in [2.45, 2.75) is 90.4 Å². The van der Waals surface area contributed by atoms with Crippen molar-refractivity contribution < 1.29 is 14.6 Å². The molecule has 164 valence electrons. The Kier molecular flexibility index (Phi) is 5.51. The Morgan fingerprint density at radius 3 is 2.50 bits per heavy atom. The van der Waals surface area contributed by atoms with Crippen molar-refractivity contribution in [3.8, 4) is 0 Å². The number of aliphatic hydroxyl groups is 1. The average molecular weight is 411 g/mol. The van der Waals surface area contributed by atoms with Crippen LogP contribution in [-0.4, -0.2) is 28.7 Å². The van der Waals surface area contributed by atoms with Crippen LogP contribution in [0.5, 0.6) is 0 Å². The number of hydrogen-bond donors (Lipinski definition) is 1. The Labute approximate surface area is 181 Å². The second-order valence-corrected chi connectivity index (χ2v) is 11.1. The lowest BCUT2D eigenvalue weighted by molar-refractivity contribution is -0.227. The minimum Gasteiger partial charge on any atom is -0.388 e. The average Bonchev–Trinajstić information content (AvgIpc) is 2.70. The summed E-state index contributed by atoms with van der Waals surface area (Å²) in [6.07, 6.45) is 6.93. The number of benzene rings is 1. The summed E-state index contributed by atoms with van der Waals surface area (Å²) in [5.41, 5.74) is 1.49. The zero-order valence-corrected chi connectivity index (χ0v) is 19.1. The van der Waals surface area contributed by atoms with E-state index in [9.17, 15) is 9.90 Å². The standard InChI is InChI=1S/C27H38O3/c1-18-20(17-21(28)19-9-7-6-8-10-19)11-12-22-26(18,4)15-14-24-27(22,5)16-13-23(30-24)25(2,3)29/h6-10,20,22-24,29H,1,11-17H2,2-5H3. The zero-order chi connectivity index (χ0) is 21.7. The van der Waals surface area contributed by atoms with E-state index in [1.807, 2.05) is 44.2 Å². The van der Waals surface area contributed by atoms with E-state index in [0.717, 1.165) is 44.1 Å². The van der Waals surface area contributed by atoms with Crippen molar-refractivity contribution in [1.82, 2.24) is 0 Å². The van der Waals surface area contributed by atoms with E-state index in [1.54, 1.807) is 0 Å². The molecule has 0 spiro atoms. The van der Waals surface area contributed by atoms with Gasteiger partial charge in [-0.25, -0.2) is 0 Å². The van der Waals surface area contributed by atoms with Crippen LogP contribution < -0.4 is 0 Å². The van der Waals surface area contributed by atoms with Crippen molar-refractivity contribution >= 4 is 5.78 Å². The lowest BCUT2D eigenvalue weighted by Crippen LogP contribution is -2.60. The van der Waals surface area contributed by atoms with Gasteiger partial charge in [-0.1, -0.05) is 56.3 Å². The van der Waals surface area contributed by atoms with Gasteiger partial charge in [0.2, 0.25) is 0 Å². The number of ether oxygens (including phenoxy) is 1. The predicted molar refractivity (Wildman–Crippen MR) is 120 cm³/mol. The third kappa shape index (κ3) is 3.58. The highest BCUT2D eigenvalue weighted by molar-refractivity contribution is 5.96. The summed E-state index contributed by atoms with van der Waals surface area (Å²) in [4.78, 5) is 12.9. The van der Waals surface area contributed by atoms with E-state index in [4.69, 9.17) is 4.74 Å². The van der Waals surface area contributed by atoms with E-state index in [0.29, 0.717) is 12.3 Å². The minimum absolute atomic E-state index is 0.0655. The summed E-state index contributed by atoms with van der Waals surface area (Å²) >= 11 is 0. The molecule has 6 atom stereocenters. The van der Waals surface area contributed by atoms with Crippen LogP contribution in [0.3, 0.4) is 0 Å². The van der Waals surface area contributed by atoms with Crippen molar-refractivity contribution in [2.24, 2.45) is 22.7 Å². The van der Waals surface area contributed by atoms with Gasteiger partial charge in [0.25, 0.3) is 0 Å². The maximum atomic E-state index is 12.9. The molecule has 1 aromatic rings. The molecule has 1 N–H and O–H groups in total. The second kappa shape index (κ2) is 7.60. The fourth-order valence-electron chi connectivity index (χ4n) is 6.91. The van der Waals surface area contributed by atoms with Gasteiger partial charge in [0, 0.05) is 12.0 Å². The molecule has 3 nitrogen and oxygen atoms in total. The molecule has 1 aliphatic heterocycles. The second-order valence-electron chi connectivity index (χ2n) is 11.1. The summed E-state index contributed by atoms with van der Waals surface area (Å²) in [5, 5.41) is 10.5. The molecular weight excluding hydrogens is 372 g/mol. The molecule has 0 aromatic heterocycles. The largest absolute Gasteiger partial charge is 0.388 e. The highest BCUT2D eigenvalue weighted by Crippen LogP contribution is 2.64. The van der Waals surface area contributed by atoms with E-state index in [-0.39, 0.29) is 34.7 Å². The molecule has 2 aliphatic carbocycles. The monoisotopic (exact) mass is 410 g/mol. The molecule has 1 heterocycles. The molecule has 3 aliphatic rings. The van der Waals surface area contributed by atoms with Gasteiger partial charge in [-0.05, 0) is 75.0 Å². The SMILES string of the molecule is C=C1C(CC(=O)c2ccccc2)CCC2C1(C)CCC1OC(C(C)(C)O)CCC12C. The number of fused-ring (bicyclic) bond motifs is 3. The molecule has 1 saturated heterocycles. The number of allylic oxidation sites excluding steroid dienone is 1. The molecular formula is C27H38O3. The highest BCUT2D eigenvalue weighted by atomic mass is 16.5. The summed E-state index contributed by atoms with van der Waals surface area (Å²) in [7, 11) is 0. The smallest absolute Gasteiger partial charge is 0.163 e. The molecule has 4 rings (SSSR count). The van der Waals surface area contributed by atoms with Gasteiger partial charge in [0.15, 0.2) is 5.78 Å². The van der Waals surface area contributed by atoms with Gasteiger partial charge in [0.05, 0.1) is 17.8 Å². The number of carbonyl (C=O) groups is 1. The van der Waals surface area contributed by atoms with Gasteiger partial charge in [-0.3, -0.25) is 4.79 Å². The highest BCUT2D eigenvalue weighted by Gasteiger charge is 2.59. The van der Waals surface area contributed by atoms with Crippen LogP contribution in [0.4, 0.5) is 0 Å². The molecule has 1 aromatic carbocycles. The molecule has 3 fully saturated rings. The minimum atomic E-state index is -0.791. The maximum absolute atomic E-state index is 12.9. The molecule has 0 radical (unpaired) electrons. The molecule has 2 saturated carbocycles. The van der Waals surface area contributed by atoms with Gasteiger partial charge in [-0.2, -0.15) is 0 Å². The Bertz CT molecular complexity index is 807. The first-order valence-corrected chi connectivity index (χ1v) is 11.7. The van der Waals surface area contributed by atoms with E-state index >= 15 is 0 Å². The van der Waals surface area contributed by atoms with E-state index in [1.165, 1.54) is 5.57 Å². The Morgan fingerprint density at radius 2 is 1.83 bits per heavy atom. The van der Waals surface area contributed by atoms with Crippen molar-refractivity contribution in [3.05, 3.63) is 48.0 Å². The van der Waals surface area contributed by atoms with Crippen molar-refractivity contribution in [1.29, 1.82) is 0 Å². The third-order valence-electron chi connectivity index (χ3n) is 8.85. The lowest BCUT2D eigenvalue weighted by atomic mass is 9.45. The summed E-state index contributed by atoms with van der Waals surface area (Å²) < 4.78 is 6.50. The fraction of sp³-hybridized carbons (Fsp3) is 0.667. The van der Waals surface area contributed by atoms with Crippen LogP contribution in [0, 0.1) is 22.7 Å². The van der Waals surface area contributed by atoms with E-state index in [2.05, 4.69) is 20.4 Å². The number of Topliss-reactive ketones (excluding diaryl/α,β-unsaturated/α-hetero) is 1. The number of rotatable bonds is 4. The van der Waals surface area contributed by atoms with Crippen LogP contribution >= 0.6 is 0 Å². The first kappa shape index (κ1) is 21.8. The van der Waals surface area contributed by atoms with Crippen molar-refractivity contribution in [2.75, 3.05) is 0 Å². The first-order chi connectivity index (χ1) is 14.1. The van der Waals surface area contributed by atoms with Gasteiger partial charge in [0.1, 0.15) is 0 Å². The van der Waals surface area contributed by atoms with Crippen LogP contribution in [0.15, 0.2) is 42.5 Å². The molecule has 0 bridgehead atoms. The lowest BCUT2D eigenvalue weighted by Gasteiger charge is -2.62. The molecule has 0 amide bonds. The zero-order valence-electron chi connectivity index (χ0n) is 19.1. The molecule has 30 heavy (non-hydrogen) atoms. The quantitative estimate of drug-likeness (QED) is 0.491. The van der Waals surface area contributed by atoms with Gasteiger partial charge >= 0.3 is 0 Å². The molecule has 6 unspecified atom stereocenters. The summed E-state index contributed by atoms with van der Waals surface area (Å²) in [6, 6.07) is 9.67.